The highest BCUT2D eigenvalue weighted by molar-refractivity contribution is 8.18. The van der Waals surface area contributed by atoms with E-state index >= 15 is 0 Å². The van der Waals surface area contributed by atoms with Gasteiger partial charge in [0.05, 0.1) is 12.0 Å². The normalized spacial score (nSPS) is 14.2. The van der Waals surface area contributed by atoms with Gasteiger partial charge in [0.15, 0.2) is 11.5 Å². The molecule has 0 atom stereocenters. The van der Waals surface area contributed by atoms with Crippen molar-refractivity contribution < 1.29 is 38.2 Å². The highest BCUT2D eigenvalue weighted by atomic mass is 32.2. The summed E-state index contributed by atoms with van der Waals surface area (Å²) < 4.78 is 16.2. The largest absolute Gasteiger partial charge is 0.493 e. The fraction of sp³-hybridized carbons (Fsp3) is 0.120. The van der Waals surface area contributed by atoms with Crippen molar-refractivity contribution in [2.45, 2.75) is 6.61 Å². The number of carbonyl (C=O) groups excluding carboxylic acids is 3. The van der Waals surface area contributed by atoms with Crippen LogP contribution in [0.15, 0.2) is 70.0 Å². The Hall–Kier alpha value is -4.51. The van der Waals surface area contributed by atoms with E-state index in [0.29, 0.717) is 28.5 Å². The summed E-state index contributed by atoms with van der Waals surface area (Å²) in [4.78, 5) is 49.4. The van der Waals surface area contributed by atoms with Crippen LogP contribution in [0.25, 0.3) is 6.08 Å². The van der Waals surface area contributed by atoms with Crippen molar-refractivity contribution in [1.29, 1.82) is 0 Å². The Bertz CT molecular complexity index is 1350. The van der Waals surface area contributed by atoms with Crippen LogP contribution in [0.2, 0.25) is 0 Å². The van der Waals surface area contributed by atoms with Gasteiger partial charge in [0.25, 0.3) is 11.1 Å². The van der Waals surface area contributed by atoms with Crippen molar-refractivity contribution in [3.05, 3.63) is 82.7 Å². The first-order valence-corrected chi connectivity index (χ1v) is 11.4. The van der Waals surface area contributed by atoms with Crippen molar-refractivity contribution in [2.75, 3.05) is 19.0 Å². The van der Waals surface area contributed by atoms with E-state index in [-0.39, 0.29) is 17.3 Å². The molecule has 1 aliphatic rings. The van der Waals surface area contributed by atoms with E-state index in [0.717, 1.165) is 16.7 Å². The summed E-state index contributed by atoms with van der Waals surface area (Å²) in [6.45, 7) is -0.420. The Balaban J connectivity index is 1.42. The Morgan fingerprint density at radius 1 is 1.08 bits per heavy atom. The molecule has 36 heavy (non-hydrogen) atoms. The molecule has 4 rings (SSSR count). The molecule has 2 aromatic carbocycles. The van der Waals surface area contributed by atoms with E-state index in [4.69, 9.17) is 19.0 Å². The van der Waals surface area contributed by atoms with E-state index in [9.17, 15) is 19.2 Å². The minimum Gasteiger partial charge on any atom is -0.493 e. The summed E-state index contributed by atoms with van der Waals surface area (Å²) >= 11 is 0.741. The summed E-state index contributed by atoms with van der Waals surface area (Å²) in [6, 6.07) is 16.5. The number of anilines is 1. The second-order valence-corrected chi connectivity index (χ2v) is 8.45. The van der Waals surface area contributed by atoms with Gasteiger partial charge in [-0.25, -0.2) is 4.79 Å². The van der Waals surface area contributed by atoms with Crippen LogP contribution in [0.5, 0.6) is 11.5 Å². The van der Waals surface area contributed by atoms with E-state index in [1.807, 2.05) is 0 Å². The monoisotopic (exact) mass is 508 g/mol. The van der Waals surface area contributed by atoms with E-state index in [2.05, 4.69) is 5.32 Å². The number of imide groups is 1. The lowest BCUT2D eigenvalue weighted by molar-refractivity contribution is -0.127. The zero-order valence-corrected chi connectivity index (χ0v) is 19.7. The summed E-state index contributed by atoms with van der Waals surface area (Å²) in [5.41, 5.74) is 1.14. The van der Waals surface area contributed by atoms with Gasteiger partial charge in [-0.05, 0) is 59.8 Å². The summed E-state index contributed by atoms with van der Waals surface area (Å²) in [6.07, 6.45) is 1.53. The van der Waals surface area contributed by atoms with Crippen LogP contribution in [0.4, 0.5) is 10.5 Å². The first kappa shape index (κ1) is 24.6. The lowest BCUT2D eigenvalue weighted by atomic mass is 10.2. The molecule has 0 spiro atoms. The molecular formula is C25H20N2O8S. The van der Waals surface area contributed by atoms with Crippen molar-refractivity contribution in [2.24, 2.45) is 0 Å². The van der Waals surface area contributed by atoms with Gasteiger partial charge in [-0.2, -0.15) is 0 Å². The molecule has 0 aliphatic carbocycles. The number of ether oxygens (including phenoxy) is 2. The number of carboxylic acid groups (broad SMARTS) is 1. The van der Waals surface area contributed by atoms with Crippen LogP contribution >= 0.6 is 11.8 Å². The van der Waals surface area contributed by atoms with Gasteiger partial charge >= 0.3 is 5.97 Å². The summed E-state index contributed by atoms with van der Waals surface area (Å²) in [5, 5.41) is 11.0. The quantitative estimate of drug-likeness (QED) is 0.407. The number of carbonyl (C=O) groups is 4. The molecule has 1 fully saturated rings. The zero-order valence-electron chi connectivity index (χ0n) is 18.9. The number of hydrogen-bond acceptors (Lipinski definition) is 8. The number of nitrogens with zero attached hydrogens (tertiary/aromatic N) is 1. The molecule has 1 saturated heterocycles. The molecular weight excluding hydrogens is 488 g/mol. The molecule has 1 aliphatic heterocycles. The van der Waals surface area contributed by atoms with Gasteiger partial charge in [0, 0.05) is 5.69 Å². The molecule has 0 saturated carbocycles. The number of rotatable bonds is 9. The fourth-order valence-corrected chi connectivity index (χ4v) is 4.10. The SMILES string of the molecule is COc1cc(/C=C2\SC(=O)N(CC(=O)Nc3ccccc3)C2=O)ccc1OCc1ccc(C(=O)O)o1. The minimum atomic E-state index is -1.18. The number of carboxylic acids is 1. The smallest absolute Gasteiger partial charge is 0.371 e. The molecule has 1 aromatic heterocycles. The highest BCUT2D eigenvalue weighted by Gasteiger charge is 2.36. The number of furan rings is 1. The van der Waals surface area contributed by atoms with Crippen LogP contribution < -0.4 is 14.8 Å². The Labute approximate surface area is 209 Å². The number of amides is 3. The second-order valence-electron chi connectivity index (χ2n) is 7.45. The van der Waals surface area contributed by atoms with E-state index < -0.39 is 29.6 Å². The molecule has 2 heterocycles. The molecule has 0 unspecified atom stereocenters. The molecule has 184 valence electrons. The third-order valence-corrected chi connectivity index (χ3v) is 5.87. The fourth-order valence-electron chi connectivity index (χ4n) is 3.27. The van der Waals surface area contributed by atoms with Crippen molar-refractivity contribution in [3.63, 3.8) is 0 Å². The predicted molar refractivity (Wildman–Crippen MR) is 131 cm³/mol. The third kappa shape index (κ3) is 5.76. The number of methoxy groups -OCH3 is 1. The van der Waals surface area contributed by atoms with Crippen LogP contribution in [-0.2, 0) is 16.2 Å². The molecule has 10 nitrogen and oxygen atoms in total. The summed E-state index contributed by atoms with van der Waals surface area (Å²) in [7, 11) is 1.45. The van der Waals surface area contributed by atoms with Crippen LogP contribution in [0.3, 0.4) is 0 Å². The predicted octanol–water partition coefficient (Wildman–Crippen LogP) is 4.24. The first-order chi connectivity index (χ1) is 17.3. The Morgan fingerprint density at radius 2 is 1.86 bits per heavy atom. The lowest BCUT2D eigenvalue weighted by Gasteiger charge is -2.12. The topological polar surface area (TPSA) is 135 Å². The minimum absolute atomic E-state index is 0.0209. The number of benzene rings is 2. The maximum atomic E-state index is 12.8. The number of para-hydroxylation sites is 1. The zero-order chi connectivity index (χ0) is 25.7. The number of hydrogen-bond donors (Lipinski definition) is 2. The molecule has 2 N–H and O–H groups in total. The van der Waals surface area contributed by atoms with Gasteiger partial charge < -0.3 is 24.3 Å². The van der Waals surface area contributed by atoms with Crippen molar-refractivity contribution >= 4 is 46.5 Å². The molecule has 11 heteroatoms. The standard InChI is InChI=1S/C25H20N2O8S/c1-33-20-11-15(7-9-18(20)34-14-17-8-10-19(35-17)24(30)31)12-21-23(29)27(25(32)36-21)13-22(28)26-16-5-3-2-4-6-16/h2-12H,13-14H2,1H3,(H,26,28)(H,30,31)/b21-12-. The van der Waals surface area contributed by atoms with Crippen LogP contribution in [-0.4, -0.2) is 46.7 Å². The second kappa shape index (κ2) is 10.8. The van der Waals surface area contributed by atoms with Crippen LogP contribution in [0.1, 0.15) is 21.9 Å². The van der Waals surface area contributed by atoms with Gasteiger partial charge in [-0.15, -0.1) is 0 Å². The first-order valence-electron chi connectivity index (χ1n) is 10.6. The lowest BCUT2D eigenvalue weighted by Crippen LogP contribution is -2.36. The number of nitrogens with one attached hydrogen (secondary N) is 1. The Morgan fingerprint density at radius 3 is 2.56 bits per heavy atom. The van der Waals surface area contributed by atoms with Crippen LogP contribution in [0, 0.1) is 0 Å². The maximum absolute atomic E-state index is 12.8. The molecule has 3 aromatic rings. The van der Waals surface area contributed by atoms with Crippen molar-refractivity contribution in [3.8, 4) is 11.5 Å². The van der Waals surface area contributed by atoms with E-state index in [1.165, 1.54) is 25.3 Å². The maximum Gasteiger partial charge on any atom is 0.371 e. The average molecular weight is 509 g/mol. The van der Waals surface area contributed by atoms with Crippen molar-refractivity contribution in [1.82, 2.24) is 4.90 Å². The average Bonchev–Trinajstić information content (AvgIpc) is 3.44. The van der Waals surface area contributed by atoms with Gasteiger partial charge in [-0.3, -0.25) is 19.3 Å². The number of aromatic carboxylic acids is 1. The van der Waals surface area contributed by atoms with Gasteiger partial charge in [-0.1, -0.05) is 24.3 Å². The summed E-state index contributed by atoms with van der Waals surface area (Å²) in [5.74, 6) is -1.38. The van der Waals surface area contributed by atoms with Gasteiger partial charge in [0.1, 0.15) is 18.9 Å². The third-order valence-electron chi connectivity index (χ3n) is 4.96. The van der Waals surface area contributed by atoms with Gasteiger partial charge in [0.2, 0.25) is 11.7 Å². The molecule has 0 bridgehead atoms. The molecule has 3 amide bonds. The van der Waals surface area contributed by atoms with E-state index in [1.54, 1.807) is 48.5 Å². The Kier molecular flexibility index (Phi) is 7.40. The highest BCUT2D eigenvalue weighted by Crippen LogP contribution is 2.34. The molecule has 0 radical (unpaired) electrons. The number of thioether (sulfide) groups is 1.